The molecule has 1 heterocycles. The van der Waals surface area contributed by atoms with Crippen LogP contribution in [0.5, 0.6) is 0 Å². The fourth-order valence-corrected chi connectivity index (χ4v) is 3.83. The number of ether oxygens (including phenoxy) is 1. The van der Waals surface area contributed by atoms with Crippen LogP contribution in [0.25, 0.3) is 0 Å². The summed E-state index contributed by atoms with van der Waals surface area (Å²) in [6, 6.07) is 11.6. The van der Waals surface area contributed by atoms with Crippen molar-refractivity contribution in [2.24, 2.45) is 5.92 Å². The quantitative estimate of drug-likeness (QED) is 0.431. The molecule has 7 nitrogen and oxygen atoms in total. The zero-order valence-electron chi connectivity index (χ0n) is 20.5. The van der Waals surface area contributed by atoms with Gasteiger partial charge in [0.25, 0.3) is 0 Å². The first-order chi connectivity index (χ1) is 15.7. The molecule has 0 bridgehead atoms. The molecule has 182 valence electrons. The van der Waals surface area contributed by atoms with Crippen LogP contribution in [0.4, 0.5) is 4.79 Å². The van der Waals surface area contributed by atoms with Gasteiger partial charge in [-0.3, -0.25) is 4.79 Å². The van der Waals surface area contributed by atoms with Gasteiger partial charge in [-0.2, -0.15) is 0 Å². The highest BCUT2D eigenvalue weighted by Crippen LogP contribution is 2.18. The predicted octanol–water partition coefficient (Wildman–Crippen LogP) is 4.19. The predicted molar refractivity (Wildman–Crippen MR) is 132 cm³/mol. The maximum atomic E-state index is 13.4. The van der Waals surface area contributed by atoms with Crippen molar-refractivity contribution < 1.29 is 14.3 Å². The second-order valence-corrected chi connectivity index (χ2v) is 9.24. The van der Waals surface area contributed by atoms with Crippen molar-refractivity contribution >= 4 is 23.5 Å². The SMILES string of the molecule is COCCCN(CC(=O)N(Cc1cccn1Cc1ccccc1Cl)CC(C)C)C(=O)N(C)C. The van der Waals surface area contributed by atoms with E-state index in [1.165, 1.54) is 4.90 Å². The highest BCUT2D eigenvalue weighted by Gasteiger charge is 2.23. The van der Waals surface area contributed by atoms with E-state index in [9.17, 15) is 9.59 Å². The molecule has 2 rings (SSSR count). The summed E-state index contributed by atoms with van der Waals surface area (Å²) < 4.78 is 7.23. The van der Waals surface area contributed by atoms with Gasteiger partial charge in [0, 0.05) is 64.4 Å². The summed E-state index contributed by atoms with van der Waals surface area (Å²) in [5.41, 5.74) is 2.05. The van der Waals surface area contributed by atoms with E-state index in [2.05, 4.69) is 18.4 Å². The maximum absolute atomic E-state index is 13.4. The van der Waals surface area contributed by atoms with Gasteiger partial charge in [0.2, 0.25) is 5.91 Å². The number of methoxy groups -OCH3 is 1. The fourth-order valence-electron chi connectivity index (χ4n) is 3.64. The van der Waals surface area contributed by atoms with Gasteiger partial charge in [0.15, 0.2) is 0 Å². The lowest BCUT2D eigenvalue weighted by atomic mass is 10.2. The molecule has 0 saturated heterocycles. The second-order valence-electron chi connectivity index (χ2n) is 8.83. The molecule has 0 atom stereocenters. The van der Waals surface area contributed by atoms with E-state index in [0.717, 1.165) is 16.3 Å². The lowest BCUT2D eigenvalue weighted by molar-refractivity contribution is -0.133. The molecule has 0 spiro atoms. The smallest absolute Gasteiger partial charge is 0.319 e. The minimum absolute atomic E-state index is 0.0403. The first kappa shape index (κ1) is 26.7. The van der Waals surface area contributed by atoms with Gasteiger partial charge in [-0.15, -0.1) is 0 Å². The first-order valence-corrected chi connectivity index (χ1v) is 11.7. The molecule has 0 aliphatic rings. The second kappa shape index (κ2) is 13.3. The Labute approximate surface area is 202 Å². The summed E-state index contributed by atoms with van der Waals surface area (Å²) in [5.74, 6) is 0.231. The monoisotopic (exact) mass is 476 g/mol. The average Bonchev–Trinajstić information content (AvgIpc) is 3.19. The number of carbonyl (C=O) groups is 2. The third-order valence-corrected chi connectivity index (χ3v) is 5.64. The van der Waals surface area contributed by atoms with Gasteiger partial charge in [-0.1, -0.05) is 43.6 Å². The molecule has 0 N–H and O–H groups in total. The van der Waals surface area contributed by atoms with Gasteiger partial charge >= 0.3 is 6.03 Å². The topological polar surface area (TPSA) is 58.0 Å². The van der Waals surface area contributed by atoms with E-state index in [0.29, 0.717) is 45.1 Å². The van der Waals surface area contributed by atoms with Gasteiger partial charge in [0.05, 0.1) is 6.54 Å². The molecule has 1 aromatic carbocycles. The fraction of sp³-hybridized carbons (Fsp3) is 0.520. The zero-order chi connectivity index (χ0) is 24.4. The van der Waals surface area contributed by atoms with Crippen LogP contribution < -0.4 is 0 Å². The van der Waals surface area contributed by atoms with Crippen LogP contribution in [-0.2, 0) is 22.6 Å². The van der Waals surface area contributed by atoms with Crippen molar-refractivity contribution in [2.45, 2.75) is 33.4 Å². The third kappa shape index (κ3) is 8.41. The van der Waals surface area contributed by atoms with Crippen LogP contribution >= 0.6 is 11.6 Å². The Balaban J connectivity index is 2.17. The molecule has 8 heteroatoms. The molecule has 2 aromatic rings. The molecule has 0 saturated carbocycles. The number of hydrogen-bond acceptors (Lipinski definition) is 3. The Morgan fingerprint density at radius 1 is 1.09 bits per heavy atom. The summed E-state index contributed by atoms with van der Waals surface area (Å²) >= 11 is 6.35. The molecule has 0 radical (unpaired) electrons. The highest BCUT2D eigenvalue weighted by molar-refractivity contribution is 6.31. The lowest BCUT2D eigenvalue weighted by Gasteiger charge is -2.30. The summed E-state index contributed by atoms with van der Waals surface area (Å²) in [6.45, 7) is 6.93. The first-order valence-electron chi connectivity index (χ1n) is 11.3. The van der Waals surface area contributed by atoms with Gasteiger partial charge < -0.3 is 24.0 Å². The molecular formula is C25H37ClN4O3. The molecule has 0 aliphatic carbocycles. The molecule has 0 unspecified atom stereocenters. The Morgan fingerprint density at radius 2 is 1.82 bits per heavy atom. The molecule has 3 amide bonds. The average molecular weight is 477 g/mol. The van der Waals surface area contributed by atoms with Gasteiger partial charge in [-0.05, 0) is 36.1 Å². The van der Waals surface area contributed by atoms with Crippen LogP contribution in [0.15, 0.2) is 42.6 Å². The number of nitrogens with zero attached hydrogens (tertiary/aromatic N) is 4. The summed E-state index contributed by atoms with van der Waals surface area (Å²) in [4.78, 5) is 30.9. The number of aromatic nitrogens is 1. The van der Waals surface area contributed by atoms with Gasteiger partial charge in [-0.25, -0.2) is 4.79 Å². The van der Waals surface area contributed by atoms with Crippen LogP contribution in [0.1, 0.15) is 31.5 Å². The van der Waals surface area contributed by atoms with E-state index < -0.39 is 0 Å². The highest BCUT2D eigenvalue weighted by atomic mass is 35.5. The largest absolute Gasteiger partial charge is 0.385 e. The number of benzene rings is 1. The number of amides is 3. The van der Waals surface area contributed by atoms with E-state index in [-0.39, 0.29) is 18.5 Å². The Kier molecular flexibility index (Phi) is 10.7. The normalized spacial score (nSPS) is 11.0. The standard InChI is InChI=1S/C25H37ClN4O3/c1-20(2)16-30(24(31)19-29(14-9-15-33-5)25(32)27(3)4)18-22-11-8-13-28(22)17-21-10-6-7-12-23(21)26/h6-8,10-13,20H,9,14-19H2,1-5H3. The number of halogens is 1. The number of carbonyl (C=O) groups excluding carboxylic acids is 2. The molecular weight excluding hydrogens is 440 g/mol. The Bertz CT molecular complexity index is 897. The van der Waals surface area contributed by atoms with Crippen molar-refractivity contribution in [2.75, 3.05) is 47.4 Å². The van der Waals surface area contributed by atoms with Gasteiger partial charge in [0.1, 0.15) is 6.54 Å². The van der Waals surface area contributed by atoms with Crippen LogP contribution in [0.2, 0.25) is 5.02 Å². The van der Waals surface area contributed by atoms with E-state index in [4.69, 9.17) is 16.3 Å². The minimum atomic E-state index is -0.175. The minimum Gasteiger partial charge on any atom is -0.385 e. The van der Waals surface area contributed by atoms with Crippen LogP contribution in [-0.4, -0.2) is 78.7 Å². The Hall–Kier alpha value is -2.51. The molecule has 0 fully saturated rings. The maximum Gasteiger partial charge on any atom is 0.319 e. The number of urea groups is 1. The van der Waals surface area contributed by atoms with E-state index in [1.54, 1.807) is 26.1 Å². The van der Waals surface area contributed by atoms with Crippen molar-refractivity contribution in [1.29, 1.82) is 0 Å². The van der Waals surface area contributed by atoms with E-state index in [1.807, 2.05) is 47.5 Å². The zero-order valence-corrected chi connectivity index (χ0v) is 21.2. The van der Waals surface area contributed by atoms with E-state index >= 15 is 0 Å². The molecule has 0 aliphatic heterocycles. The van der Waals surface area contributed by atoms with Crippen LogP contribution in [0, 0.1) is 5.92 Å². The lowest BCUT2D eigenvalue weighted by Crippen LogP contribution is -2.47. The summed E-state index contributed by atoms with van der Waals surface area (Å²) in [5, 5.41) is 0.723. The van der Waals surface area contributed by atoms with Crippen molar-refractivity contribution in [3.63, 3.8) is 0 Å². The number of hydrogen-bond donors (Lipinski definition) is 0. The van der Waals surface area contributed by atoms with Crippen molar-refractivity contribution in [1.82, 2.24) is 19.3 Å². The van der Waals surface area contributed by atoms with Crippen molar-refractivity contribution in [3.8, 4) is 0 Å². The van der Waals surface area contributed by atoms with Crippen LogP contribution in [0.3, 0.4) is 0 Å². The summed E-state index contributed by atoms with van der Waals surface area (Å²) in [7, 11) is 5.03. The molecule has 33 heavy (non-hydrogen) atoms. The Morgan fingerprint density at radius 3 is 2.45 bits per heavy atom. The third-order valence-electron chi connectivity index (χ3n) is 5.27. The number of rotatable bonds is 12. The summed E-state index contributed by atoms with van der Waals surface area (Å²) in [6.07, 6.45) is 2.68. The van der Waals surface area contributed by atoms with Crippen molar-refractivity contribution in [3.05, 3.63) is 58.9 Å². The molecule has 1 aromatic heterocycles.